The summed E-state index contributed by atoms with van der Waals surface area (Å²) < 4.78 is 5.40. The summed E-state index contributed by atoms with van der Waals surface area (Å²) >= 11 is 0. The minimum absolute atomic E-state index is 0.0257. The van der Waals surface area contributed by atoms with E-state index in [0.29, 0.717) is 18.7 Å². The van der Waals surface area contributed by atoms with Crippen LogP contribution < -0.4 is 15.5 Å². The van der Waals surface area contributed by atoms with E-state index in [-0.39, 0.29) is 30.4 Å². The quantitative estimate of drug-likeness (QED) is 0.772. The number of nitrogens with zero attached hydrogens (tertiary/aromatic N) is 2. The SMILES string of the molecule is CCOc1ccc(NC(=O)CN2C=CN3NC(c4ccc(C)cc4)CC3C2=O)cc1. The molecule has 1 fully saturated rings. The fourth-order valence-electron chi connectivity index (χ4n) is 3.74. The number of amides is 2. The molecule has 2 aliphatic heterocycles. The van der Waals surface area contributed by atoms with Crippen molar-refractivity contribution in [2.45, 2.75) is 32.4 Å². The van der Waals surface area contributed by atoms with Crippen LogP contribution in [0.1, 0.15) is 30.5 Å². The number of carbonyl (C=O) groups excluding carboxylic acids is 2. The molecule has 0 saturated carbocycles. The number of fused-ring (bicyclic) bond motifs is 1. The fourth-order valence-corrected chi connectivity index (χ4v) is 3.74. The number of hydrogen-bond acceptors (Lipinski definition) is 5. The number of nitrogens with one attached hydrogen (secondary N) is 2. The van der Waals surface area contributed by atoms with Crippen molar-refractivity contribution in [1.82, 2.24) is 15.3 Å². The molecule has 0 aromatic heterocycles. The van der Waals surface area contributed by atoms with Crippen LogP contribution in [0.15, 0.2) is 60.9 Å². The zero-order valence-corrected chi connectivity index (χ0v) is 17.2. The Morgan fingerprint density at radius 2 is 1.87 bits per heavy atom. The third kappa shape index (κ3) is 4.31. The van der Waals surface area contributed by atoms with Gasteiger partial charge >= 0.3 is 0 Å². The second-order valence-electron chi connectivity index (χ2n) is 7.52. The second-order valence-corrected chi connectivity index (χ2v) is 7.52. The van der Waals surface area contributed by atoms with Crippen LogP contribution >= 0.6 is 0 Å². The molecule has 7 nitrogen and oxygen atoms in total. The molecule has 2 N–H and O–H groups in total. The van der Waals surface area contributed by atoms with E-state index >= 15 is 0 Å². The maximum absolute atomic E-state index is 12.9. The van der Waals surface area contributed by atoms with Crippen LogP contribution in [0.2, 0.25) is 0 Å². The predicted molar refractivity (Wildman–Crippen MR) is 114 cm³/mol. The van der Waals surface area contributed by atoms with E-state index in [9.17, 15) is 9.59 Å². The van der Waals surface area contributed by atoms with Gasteiger partial charge in [0.15, 0.2) is 0 Å². The Bertz CT molecular complexity index is 940. The maximum Gasteiger partial charge on any atom is 0.251 e. The Hall–Kier alpha value is -3.32. The molecule has 0 spiro atoms. The maximum atomic E-state index is 12.9. The number of aryl methyl sites for hydroxylation is 1. The van der Waals surface area contributed by atoms with E-state index in [4.69, 9.17) is 4.74 Å². The largest absolute Gasteiger partial charge is 0.494 e. The van der Waals surface area contributed by atoms with Gasteiger partial charge in [0, 0.05) is 18.1 Å². The summed E-state index contributed by atoms with van der Waals surface area (Å²) in [6.45, 7) is 4.54. The van der Waals surface area contributed by atoms with Gasteiger partial charge in [0.2, 0.25) is 5.91 Å². The van der Waals surface area contributed by atoms with Crippen molar-refractivity contribution in [3.63, 3.8) is 0 Å². The van der Waals surface area contributed by atoms with E-state index in [0.717, 1.165) is 11.3 Å². The Labute approximate surface area is 176 Å². The number of rotatable bonds is 6. The van der Waals surface area contributed by atoms with Crippen LogP contribution in [-0.4, -0.2) is 40.9 Å². The van der Waals surface area contributed by atoms with Gasteiger partial charge in [0.05, 0.1) is 12.6 Å². The van der Waals surface area contributed by atoms with Gasteiger partial charge in [0.1, 0.15) is 18.3 Å². The van der Waals surface area contributed by atoms with Crippen molar-refractivity contribution in [2.24, 2.45) is 0 Å². The number of hydrogen-bond donors (Lipinski definition) is 2. The summed E-state index contributed by atoms with van der Waals surface area (Å²) in [6.07, 6.45) is 4.13. The summed E-state index contributed by atoms with van der Waals surface area (Å²) in [5.74, 6) is 0.426. The molecule has 2 aliphatic rings. The minimum Gasteiger partial charge on any atom is -0.494 e. The van der Waals surface area contributed by atoms with Gasteiger partial charge in [-0.2, -0.15) is 0 Å². The first-order chi connectivity index (χ1) is 14.5. The van der Waals surface area contributed by atoms with Crippen molar-refractivity contribution < 1.29 is 14.3 Å². The molecule has 2 aromatic rings. The van der Waals surface area contributed by atoms with E-state index in [1.807, 2.05) is 18.1 Å². The monoisotopic (exact) mass is 406 g/mol. The van der Waals surface area contributed by atoms with Gasteiger partial charge in [-0.05, 0) is 50.1 Å². The molecule has 30 heavy (non-hydrogen) atoms. The van der Waals surface area contributed by atoms with E-state index < -0.39 is 0 Å². The van der Waals surface area contributed by atoms with Crippen molar-refractivity contribution in [3.05, 3.63) is 72.1 Å². The molecule has 2 amide bonds. The summed E-state index contributed by atoms with van der Waals surface area (Å²) in [4.78, 5) is 26.9. The Balaban J connectivity index is 1.35. The fraction of sp³-hybridized carbons (Fsp3) is 0.304. The number of hydrazine groups is 1. The highest BCUT2D eigenvalue weighted by molar-refractivity contribution is 5.96. The number of anilines is 1. The van der Waals surface area contributed by atoms with E-state index in [2.05, 4.69) is 41.9 Å². The summed E-state index contributed by atoms with van der Waals surface area (Å²) in [5.41, 5.74) is 6.39. The molecule has 0 radical (unpaired) electrons. The molecular weight excluding hydrogens is 380 g/mol. The highest BCUT2D eigenvalue weighted by Gasteiger charge is 2.40. The first-order valence-electron chi connectivity index (χ1n) is 10.2. The topological polar surface area (TPSA) is 73.9 Å². The van der Waals surface area contributed by atoms with E-state index in [1.165, 1.54) is 10.5 Å². The van der Waals surface area contributed by atoms with Gasteiger partial charge in [0.25, 0.3) is 5.91 Å². The smallest absolute Gasteiger partial charge is 0.251 e. The zero-order chi connectivity index (χ0) is 21.1. The summed E-state index contributed by atoms with van der Waals surface area (Å²) in [7, 11) is 0. The normalized spacial score (nSPS) is 20.3. The van der Waals surface area contributed by atoms with Crippen molar-refractivity contribution >= 4 is 17.5 Å². The van der Waals surface area contributed by atoms with Gasteiger partial charge in [-0.1, -0.05) is 29.8 Å². The molecule has 2 atom stereocenters. The molecule has 7 heteroatoms. The molecule has 4 rings (SSSR count). The third-order valence-electron chi connectivity index (χ3n) is 5.32. The van der Waals surface area contributed by atoms with Crippen LogP contribution in [0.5, 0.6) is 5.75 Å². The van der Waals surface area contributed by atoms with Crippen LogP contribution in [0.3, 0.4) is 0 Å². The van der Waals surface area contributed by atoms with Crippen molar-refractivity contribution in [1.29, 1.82) is 0 Å². The highest BCUT2D eigenvalue weighted by Crippen LogP contribution is 2.30. The average molecular weight is 406 g/mol. The Morgan fingerprint density at radius 1 is 1.13 bits per heavy atom. The lowest BCUT2D eigenvalue weighted by molar-refractivity contribution is -0.137. The lowest BCUT2D eigenvalue weighted by atomic mass is 10.00. The molecule has 0 aliphatic carbocycles. The molecular formula is C23H26N4O3. The second kappa shape index (κ2) is 8.59. The Morgan fingerprint density at radius 3 is 2.57 bits per heavy atom. The lowest BCUT2D eigenvalue weighted by Crippen LogP contribution is -2.49. The first kappa shape index (κ1) is 20.0. The van der Waals surface area contributed by atoms with Gasteiger partial charge in [-0.15, -0.1) is 0 Å². The van der Waals surface area contributed by atoms with Crippen LogP contribution in [0.25, 0.3) is 0 Å². The predicted octanol–water partition coefficient (Wildman–Crippen LogP) is 2.97. The number of carbonyl (C=O) groups is 2. The average Bonchev–Trinajstić information content (AvgIpc) is 3.17. The summed E-state index contributed by atoms with van der Waals surface area (Å²) in [5, 5.41) is 4.67. The molecule has 156 valence electrons. The molecule has 2 heterocycles. The number of benzene rings is 2. The molecule has 0 bridgehead atoms. The third-order valence-corrected chi connectivity index (χ3v) is 5.32. The minimum atomic E-state index is -0.320. The van der Waals surface area contributed by atoms with Gasteiger partial charge < -0.3 is 20.0 Å². The van der Waals surface area contributed by atoms with Crippen LogP contribution in [0.4, 0.5) is 5.69 Å². The molecule has 2 unspecified atom stereocenters. The highest BCUT2D eigenvalue weighted by atomic mass is 16.5. The van der Waals surface area contributed by atoms with Crippen molar-refractivity contribution in [2.75, 3.05) is 18.5 Å². The van der Waals surface area contributed by atoms with Gasteiger partial charge in [-0.3, -0.25) is 9.59 Å². The lowest BCUT2D eigenvalue weighted by Gasteiger charge is -2.31. The molecule has 2 aromatic carbocycles. The zero-order valence-electron chi connectivity index (χ0n) is 17.2. The van der Waals surface area contributed by atoms with Gasteiger partial charge in [-0.25, -0.2) is 5.43 Å². The standard InChI is InChI=1S/C23H26N4O3/c1-3-30-19-10-8-18(9-11-19)24-22(28)15-26-12-13-27-21(23(26)29)14-20(25-27)17-6-4-16(2)5-7-17/h4-13,20-21,25H,3,14-15H2,1-2H3,(H,24,28). The van der Waals surface area contributed by atoms with E-state index in [1.54, 1.807) is 30.5 Å². The van der Waals surface area contributed by atoms with Crippen LogP contribution in [-0.2, 0) is 9.59 Å². The first-order valence-corrected chi connectivity index (χ1v) is 10.2. The Kier molecular flexibility index (Phi) is 5.72. The summed E-state index contributed by atoms with van der Waals surface area (Å²) in [6, 6.07) is 15.2. The molecule has 1 saturated heterocycles. The number of ether oxygens (including phenoxy) is 1. The van der Waals surface area contributed by atoms with Crippen LogP contribution in [0, 0.1) is 6.92 Å². The van der Waals surface area contributed by atoms with Crippen molar-refractivity contribution in [3.8, 4) is 5.75 Å².